The van der Waals surface area contributed by atoms with Gasteiger partial charge in [0.1, 0.15) is 23.8 Å². The summed E-state index contributed by atoms with van der Waals surface area (Å²) in [6, 6.07) is 15.7. The molecule has 1 amide bonds. The normalized spacial score (nSPS) is 10.8. The molecule has 4 aromatic rings. The highest BCUT2D eigenvalue weighted by Crippen LogP contribution is 2.23. The number of hydrogen-bond donors (Lipinski definition) is 2. The van der Waals surface area contributed by atoms with E-state index in [-0.39, 0.29) is 23.6 Å². The summed E-state index contributed by atoms with van der Waals surface area (Å²) in [5.74, 6) is 5.61. The largest absolute Gasteiger partial charge is 0.489 e. The standard InChI is InChI=1S/C24H22N4O4/c1-3-21-19(14(2)28-32-21)13-31-17-9-6-8-16(11-17)23(29)18-12-15-7-4-5-10-20(15)26-22(18)24(30)27-25/h4-12H,3,13,25H2,1-2H3,(H,27,30). The van der Waals surface area contributed by atoms with Gasteiger partial charge in [-0.15, -0.1) is 0 Å². The molecule has 0 bridgehead atoms. The first kappa shape index (κ1) is 21.2. The lowest BCUT2D eigenvalue weighted by molar-refractivity contribution is 0.0937. The smallest absolute Gasteiger partial charge is 0.284 e. The summed E-state index contributed by atoms with van der Waals surface area (Å²) in [6.45, 7) is 4.11. The Morgan fingerprint density at radius 1 is 1.12 bits per heavy atom. The molecule has 0 atom stereocenters. The third-order valence-electron chi connectivity index (χ3n) is 5.18. The highest BCUT2D eigenvalue weighted by atomic mass is 16.5. The van der Waals surface area contributed by atoms with Crippen molar-refractivity contribution < 1.29 is 18.8 Å². The van der Waals surface area contributed by atoms with Gasteiger partial charge >= 0.3 is 0 Å². The van der Waals surface area contributed by atoms with E-state index in [2.05, 4.69) is 15.6 Å². The number of carbonyl (C=O) groups is 2. The van der Waals surface area contributed by atoms with Gasteiger partial charge in [0.05, 0.1) is 22.3 Å². The van der Waals surface area contributed by atoms with Crippen molar-refractivity contribution in [2.45, 2.75) is 26.9 Å². The summed E-state index contributed by atoms with van der Waals surface area (Å²) >= 11 is 0. The lowest BCUT2D eigenvalue weighted by Crippen LogP contribution is -2.32. The van der Waals surface area contributed by atoms with Crippen molar-refractivity contribution in [1.29, 1.82) is 0 Å². The van der Waals surface area contributed by atoms with E-state index in [1.807, 2.05) is 32.0 Å². The van der Waals surface area contributed by atoms with E-state index in [9.17, 15) is 9.59 Å². The number of nitrogens with one attached hydrogen (secondary N) is 1. The number of para-hydroxylation sites is 1. The molecule has 3 N–H and O–H groups in total. The second-order valence-corrected chi connectivity index (χ2v) is 7.22. The van der Waals surface area contributed by atoms with E-state index in [4.69, 9.17) is 15.1 Å². The van der Waals surface area contributed by atoms with E-state index in [1.165, 1.54) is 0 Å². The minimum atomic E-state index is -0.637. The van der Waals surface area contributed by atoms with Crippen LogP contribution in [0.15, 0.2) is 59.1 Å². The van der Waals surface area contributed by atoms with Crippen molar-refractivity contribution in [3.8, 4) is 5.75 Å². The lowest BCUT2D eigenvalue weighted by atomic mass is 9.99. The van der Waals surface area contributed by atoms with Crippen LogP contribution in [0.4, 0.5) is 0 Å². The maximum Gasteiger partial charge on any atom is 0.284 e. The molecule has 32 heavy (non-hydrogen) atoms. The van der Waals surface area contributed by atoms with Crippen molar-refractivity contribution in [3.63, 3.8) is 0 Å². The lowest BCUT2D eigenvalue weighted by Gasteiger charge is -2.11. The van der Waals surface area contributed by atoms with E-state index in [1.54, 1.807) is 36.4 Å². The number of hydrazine groups is 1. The van der Waals surface area contributed by atoms with Crippen molar-refractivity contribution >= 4 is 22.6 Å². The molecule has 0 radical (unpaired) electrons. The van der Waals surface area contributed by atoms with Crippen LogP contribution in [0, 0.1) is 6.92 Å². The topological polar surface area (TPSA) is 120 Å². The van der Waals surface area contributed by atoms with Crippen LogP contribution in [0.25, 0.3) is 10.9 Å². The molecule has 0 aliphatic carbocycles. The number of pyridine rings is 1. The number of carbonyl (C=O) groups excluding carboxylic acids is 2. The molecule has 0 fully saturated rings. The molecule has 2 aromatic heterocycles. The highest BCUT2D eigenvalue weighted by molar-refractivity contribution is 6.16. The number of fused-ring (bicyclic) bond motifs is 1. The number of nitrogens with two attached hydrogens (primary N) is 1. The van der Waals surface area contributed by atoms with Gasteiger partial charge in [0.15, 0.2) is 5.78 Å². The van der Waals surface area contributed by atoms with Gasteiger partial charge in [0.25, 0.3) is 5.91 Å². The summed E-state index contributed by atoms with van der Waals surface area (Å²) in [7, 11) is 0. The molecule has 0 saturated carbocycles. The van der Waals surface area contributed by atoms with Gasteiger partial charge in [-0.3, -0.25) is 15.0 Å². The Labute approximate surface area is 184 Å². The molecular weight excluding hydrogens is 408 g/mol. The Morgan fingerprint density at radius 3 is 2.72 bits per heavy atom. The summed E-state index contributed by atoms with van der Waals surface area (Å²) in [5, 5.41) is 4.72. The molecule has 2 heterocycles. The number of amides is 1. The van der Waals surface area contributed by atoms with Gasteiger partial charge in [0.2, 0.25) is 0 Å². The number of hydrogen-bond acceptors (Lipinski definition) is 7. The first-order valence-electron chi connectivity index (χ1n) is 10.1. The van der Waals surface area contributed by atoms with Gasteiger partial charge in [0, 0.05) is 17.4 Å². The second-order valence-electron chi connectivity index (χ2n) is 7.22. The average Bonchev–Trinajstić information content (AvgIpc) is 3.20. The van der Waals surface area contributed by atoms with Gasteiger partial charge in [-0.1, -0.05) is 42.4 Å². The second kappa shape index (κ2) is 8.99. The molecule has 8 nitrogen and oxygen atoms in total. The fourth-order valence-corrected chi connectivity index (χ4v) is 3.47. The maximum atomic E-state index is 13.3. The van der Waals surface area contributed by atoms with Crippen LogP contribution in [0.1, 0.15) is 50.4 Å². The summed E-state index contributed by atoms with van der Waals surface area (Å²) in [5.41, 5.74) is 4.81. The van der Waals surface area contributed by atoms with Crippen molar-refractivity contribution in [3.05, 3.63) is 88.4 Å². The van der Waals surface area contributed by atoms with Crippen LogP contribution < -0.4 is 16.0 Å². The first-order valence-corrected chi connectivity index (χ1v) is 10.1. The van der Waals surface area contributed by atoms with Crippen LogP contribution in [0.3, 0.4) is 0 Å². The van der Waals surface area contributed by atoms with Crippen molar-refractivity contribution in [1.82, 2.24) is 15.6 Å². The Kier molecular flexibility index (Phi) is 5.96. The molecule has 0 spiro atoms. The number of nitrogen functional groups attached to an aromatic ring is 1. The molecule has 0 aliphatic heterocycles. The molecular formula is C24H22N4O4. The van der Waals surface area contributed by atoms with E-state index in [0.717, 1.165) is 22.4 Å². The fourth-order valence-electron chi connectivity index (χ4n) is 3.47. The van der Waals surface area contributed by atoms with Crippen LogP contribution in [-0.4, -0.2) is 21.8 Å². The molecule has 2 aromatic carbocycles. The fraction of sp³-hybridized carbons (Fsp3) is 0.167. The quantitative estimate of drug-likeness (QED) is 0.199. The minimum absolute atomic E-state index is 0.0322. The zero-order valence-corrected chi connectivity index (χ0v) is 17.7. The van der Waals surface area contributed by atoms with Crippen LogP contribution in [0.5, 0.6) is 5.75 Å². The minimum Gasteiger partial charge on any atom is -0.489 e. The molecule has 0 saturated heterocycles. The molecule has 4 rings (SSSR count). The summed E-state index contributed by atoms with van der Waals surface area (Å²) in [4.78, 5) is 30.0. The Morgan fingerprint density at radius 2 is 1.94 bits per heavy atom. The summed E-state index contributed by atoms with van der Waals surface area (Å²) < 4.78 is 11.2. The number of ketones is 1. The number of ether oxygens (including phenoxy) is 1. The molecule has 8 heteroatoms. The Bertz CT molecular complexity index is 1310. The first-order chi connectivity index (χ1) is 15.5. The zero-order chi connectivity index (χ0) is 22.7. The van der Waals surface area contributed by atoms with E-state index in [0.29, 0.717) is 23.3 Å². The predicted molar refractivity (Wildman–Crippen MR) is 118 cm³/mol. The number of benzene rings is 2. The Hall–Kier alpha value is -4.04. The Balaban J connectivity index is 1.66. The number of aromatic nitrogens is 2. The van der Waals surface area contributed by atoms with E-state index < -0.39 is 5.91 Å². The van der Waals surface area contributed by atoms with Crippen LogP contribution in [-0.2, 0) is 13.0 Å². The monoisotopic (exact) mass is 430 g/mol. The van der Waals surface area contributed by atoms with Crippen LogP contribution >= 0.6 is 0 Å². The highest BCUT2D eigenvalue weighted by Gasteiger charge is 2.21. The average molecular weight is 430 g/mol. The maximum absolute atomic E-state index is 13.3. The zero-order valence-electron chi connectivity index (χ0n) is 17.7. The van der Waals surface area contributed by atoms with Crippen molar-refractivity contribution in [2.75, 3.05) is 0 Å². The van der Waals surface area contributed by atoms with Gasteiger partial charge < -0.3 is 9.26 Å². The predicted octanol–water partition coefficient (Wildman–Crippen LogP) is 3.51. The third-order valence-corrected chi connectivity index (χ3v) is 5.18. The van der Waals surface area contributed by atoms with Gasteiger partial charge in [-0.25, -0.2) is 10.8 Å². The molecule has 0 aliphatic rings. The van der Waals surface area contributed by atoms with Crippen molar-refractivity contribution in [2.24, 2.45) is 5.84 Å². The van der Waals surface area contributed by atoms with E-state index >= 15 is 0 Å². The summed E-state index contributed by atoms with van der Waals surface area (Å²) in [6.07, 6.45) is 0.707. The SMILES string of the molecule is CCc1onc(C)c1COc1cccc(C(=O)c2cc3ccccc3nc2C(=O)NN)c1. The van der Waals surface area contributed by atoms with Gasteiger partial charge in [-0.2, -0.15) is 0 Å². The number of aryl methyl sites for hydroxylation is 2. The molecule has 0 unspecified atom stereocenters. The molecule has 162 valence electrons. The van der Waals surface area contributed by atoms with Gasteiger partial charge in [-0.05, 0) is 31.2 Å². The number of rotatable bonds is 7. The van der Waals surface area contributed by atoms with Crippen LogP contribution in [0.2, 0.25) is 0 Å². The number of nitrogens with zero attached hydrogens (tertiary/aromatic N) is 2. The third kappa shape index (κ3) is 4.08.